The minimum absolute atomic E-state index is 0.423. The molecule has 3 aromatic rings. The van der Waals surface area contributed by atoms with E-state index in [2.05, 4.69) is 10.1 Å². The fourth-order valence-electron chi connectivity index (χ4n) is 3.74. The first-order chi connectivity index (χ1) is 13.4. The zero-order chi connectivity index (χ0) is 19.9. The van der Waals surface area contributed by atoms with Crippen molar-refractivity contribution >= 4 is 21.0 Å². The largest absolute Gasteiger partial charge is 0.356 e. The second-order valence-electron chi connectivity index (χ2n) is 7.51. The normalized spacial score (nSPS) is 16.7. The molecule has 0 amide bonds. The Bertz CT molecular complexity index is 1110. The van der Waals surface area contributed by atoms with Gasteiger partial charge in [0.15, 0.2) is 5.58 Å². The minimum Gasteiger partial charge on any atom is -0.356 e. The first kappa shape index (κ1) is 19.1. The number of hydrogen-bond donors (Lipinski definition) is 0. The van der Waals surface area contributed by atoms with Crippen LogP contribution in [0.3, 0.4) is 0 Å². The van der Waals surface area contributed by atoms with E-state index in [1.54, 1.807) is 10.4 Å². The standard InChI is InChI=1S/C21H25N3O3S/c1-15-12-17(3)21(13-16(15)2)28(25,26)24-10-8-23(9-11-24)14-19-18-6-4-5-7-20(18)27-22-19/h4-7,12-13H,8-11,14H2,1-3H3. The molecule has 6 nitrogen and oxygen atoms in total. The van der Waals surface area contributed by atoms with E-state index in [0.29, 0.717) is 37.6 Å². The Morgan fingerprint density at radius 1 is 0.964 bits per heavy atom. The van der Waals surface area contributed by atoms with Crippen LogP contribution in [0.2, 0.25) is 0 Å². The lowest BCUT2D eigenvalue weighted by Crippen LogP contribution is -2.48. The lowest BCUT2D eigenvalue weighted by atomic mass is 10.1. The van der Waals surface area contributed by atoms with E-state index in [1.165, 1.54) is 0 Å². The fourth-order valence-corrected chi connectivity index (χ4v) is 5.46. The first-order valence-electron chi connectivity index (χ1n) is 9.50. The third-order valence-corrected chi connectivity index (χ3v) is 7.61. The number of fused-ring (bicyclic) bond motifs is 1. The molecule has 7 heteroatoms. The van der Waals surface area contributed by atoms with Gasteiger partial charge in [-0.05, 0) is 55.7 Å². The molecule has 1 saturated heterocycles. The van der Waals surface area contributed by atoms with Crippen molar-refractivity contribution in [2.45, 2.75) is 32.2 Å². The summed E-state index contributed by atoms with van der Waals surface area (Å²) in [6, 6.07) is 11.6. The zero-order valence-corrected chi connectivity index (χ0v) is 17.3. The van der Waals surface area contributed by atoms with Crippen molar-refractivity contribution in [3.63, 3.8) is 0 Å². The molecule has 2 aromatic carbocycles. The molecule has 1 aromatic heterocycles. The third kappa shape index (κ3) is 3.45. The Hall–Kier alpha value is -2.22. The van der Waals surface area contributed by atoms with Gasteiger partial charge in [-0.15, -0.1) is 0 Å². The van der Waals surface area contributed by atoms with Crippen molar-refractivity contribution in [3.05, 3.63) is 58.8 Å². The van der Waals surface area contributed by atoms with Gasteiger partial charge >= 0.3 is 0 Å². The lowest BCUT2D eigenvalue weighted by molar-refractivity contribution is 0.178. The third-order valence-electron chi connectivity index (χ3n) is 5.57. The number of rotatable bonds is 4. The maximum absolute atomic E-state index is 13.2. The molecule has 148 valence electrons. The Labute approximate surface area is 165 Å². The maximum atomic E-state index is 13.2. The number of aryl methyl sites for hydroxylation is 3. The highest BCUT2D eigenvalue weighted by Gasteiger charge is 2.30. The van der Waals surface area contributed by atoms with Gasteiger partial charge in [0.25, 0.3) is 0 Å². The number of piperazine rings is 1. The van der Waals surface area contributed by atoms with E-state index in [0.717, 1.165) is 33.4 Å². The van der Waals surface area contributed by atoms with E-state index in [-0.39, 0.29) is 0 Å². The molecule has 4 rings (SSSR count). The van der Waals surface area contributed by atoms with Gasteiger partial charge in [0.05, 0.1) is 4.90 Å². The molecule has 0 radical (unpaired) electrons. The molecule has 0 aliphatic carbocycles. The second kappa shape index (κ2) is 7.31. The van der Waals surface area contributed by atoms with Gasteiger partial charge in [0, 0.05) is 38.1 Å². The Morgan fingerprint density at radius 2 is 1.64 bits per heavy atom. The van der Waals surface area contributed by atoms with Gasteiger partial charge in [0.1, 0.15) is 5.69 Å². The van der Waals surface area contributed by atoms with E-state index in [9.17, 15) is 8.42 Å². The van der Waals surface area contributed by atoms with Crippen LogP contribution in [0.1, 0.15) is 22.4 Å². The summed E-state index contributed by atoms with van der Waals surface area (Å²) in [4.78, 5) is 2.65. The van der Waals surface area contributed by atoms with Crippen LogP contribution in [0.25, 0.3) is 11.0 Å². The fraction of sp³-hybridized carbons (Fsp3) is 0.381. The molecule has 1 fully saturated rings. The summed E-state index contributed by atoms with van der Waals surface area (Å²) in [5.74, 6) is 0. The van der Waals surface area contributed by atoms with Crippen LogP contribution in [0.4, 0.5) is 0 Å². The van der Waals surface area contributed by atoms with Crippen LogP contribution in [-0.4, -0.2) is 49.0 Å². The molecule has 1 aliphatic heterocycles. The van der Waals surface area contributed by atoms with Gasteiger partial charge in [-0.1, -0.05) is 23.4 Å². The van der Waals surface area contributed by atoms with E-state index in [1.807, 2.05) is 51.1 Å². The number of para-hydroxylation sites is 1. The highest BCUT2D eigenvalue weighted by Crippen LogP contribution is 2.25. The molecule has 0 spiro atoms. The SMILES string of the molecule is Cc1cc(C)c(S(=O)(=O)N2CCN(Cc3noc4ccccc34)CC2)cc1C. The van der Waals surface area contributed by atoms with Gasteiger partial charge < -0.3 is 4.52 Å². The zero-order valence-electron chi connectivity index (χ0n) is 16.5. The highest BCUT2D eigenvalue weighted by molar-refractivity contribution is 7.89. The van der Waals surface area contributed by atoms with Crippen molar-refractivity contribution < 1.29 is 12.9 Å². The number of nitrogens with zero attached hydrogens (tertiary/aromatic N) is 3. The number of aromatic nitrogens is 1. The molecule has 1 aliphatic rings. The average Bonchev–Trinajstić information content (AvgIpc) is 3.08. The van der Waals surface area contributed by atoms with Gasteiger partial charge in [-0.25, -0.2) is 8.42 Å². The van der Waals surface area contributed by atoms with Gasteiger partial charge in [-0.2, -0.15) is 4.31 Å². The van der Waals surface area contributed by atoms with Crippen LogP contribution in [0, 0.1) is 20.8 Å². The molecule has 2 heterocycles. The number of benzene rings is 2. The number of sulfonamides is 1. The first-order valence-corrected chi connectivity index (χ1v) is 10.9. The quantitative estimate of drug-likeness (QED) is 0.674. The van der Waals surface area contributed by atoms with Crippen molar-refractivity contribution in [2.24, 2.45) is 0 Å². The smallest absolute Gasteiger partial charge is 0.243 e. The van der Waals surface area contributed by atoms with Crippen LogP contribution in [0.15, 0.2) is 45.8 Å². The summed E-state index contributed by atoms with van der Waals surface area (Å²) < 4.78 is 33.3. The van der Waals surface area contributed by atoms with Crippen LogP contribution in [-0.2, 0) is 16.6 Å². The molecule has 0 bridgehead atoms. The summed E-state index contributed by atoms with van der Waals surface area (Å²) in [6.07, 6.45) is 0. The Balaban J connectivity index is 1.47. The van der Waals surface area contributed by atoms with Crippen LogP contribution in [0.5, 0.6) is 0 Å². The van der Waals surface area contributed by atoms with Crippen LogP contribution < -0.4 is 0 Å². The van der Waals surface area contributed by atoms with Gasteiger partial charge in [0.2, 0.25) is 10.0 Å². The van der Waals surface area contributed by atoms with Crippen molar-refractivity contribution in [3.8, 4) is 0 Å². The molecule has 0 unspecified atom stereocenters. The van der Waals surface area contributed by atoms with Crippen LogP contribution >= 0.6 is 0 Å². The molecular formula is C21H25N3O3S. The topological polar surface area (TPSA) is 66.7 Å². The predicted molar refractivity (Wildman–Crippen MR) is 109 cm³/mol. The Morgan fingerprint density at radius 3 is 2.39 bits per heavy atom. The number of hydrogen-bond acceptors (Lipinski definition) is 5. The minimum atomic E-state index is -3.48. The van der Waals surface area contributed by atoms with Crippen molar-refractivity contribution in [1.29, 1.82) is 0 Å². The Kier molecular flexibility index (Phi) is 4.99. The summed E-state index contributed by atoms with van der Waals surface area (Å²) in [5.41, 5.74) is 4.60. The van der Waals surface area contributed by atoms with E-state index < -0.39 is 10.0 Å². The van der Waals surface area contributed by atoms with Crippen molar-refractivity contribution in [2.75, 3.05) is 26.2 Å². The second-order valence-corrected chi connectivity index (χ2v) is 9.41. The highest BCUT2D eigenvalue weighted by atomic mass is 32.2. The van der Waals surface area contributed by atoms with E-state index >= 15 is 0 Å². The van der Waals surface area contributed by atoms with Gasteiger partial charge in [-0.3, -0.25) is 4.90 Å². The predicted octanol–water partition coefficient (Wildman–Crippen LogP) is 3.26. The van der Waals surface area contributed by atoms with Crippen molar-refractivity contribution in [1.82, 2.24) is 14.4 Å². The summed E-state index contributed by atoms with van der Waals surface area (Å²) in [5, 5.41) is 5.20. The molecule has 0 saturated carbocycles. The summed E-state index contributed by atoms with van der Waals surface area (Å²) in [6.45, 7) is 8.78. The molecule has 28 heavy (non-hydrogen) atoms. The molecule has 0 N–H and O–H groups in total. The maximum Gasteiger partial charge on any atom is 0.243 e. The molecular weight excluding hydrogens is 374 g/mol. The summed E-state index contributed by atoms with van der Waals surface area (Å²) >= 11 is 0. The summed E-state index contributed by atoms with van der Waals surface area (Å²) in [7, 11) is -3.48. The monoisotopic (exact) mass is 399 g/mol. The molecule has 0 atom stereocenters. The lowest BCUT2D eigenvalue weighted by Gasteiger charge is -2.33. The average molecular weight is 400 g/mol. The van der Waals surface area contributed by atoms with E-state index in [4.69, 9.17) is 4.52 Å².